The number of aromatic nitrogens is 4. The molecule has 0 atom stereocenters. The quantitative estimate of drug-likeness (QED) is 0.361. The SMILES string of the molecule is O=C(NCCn1ncc2c(=O)n(Cc3cccc([N+](=O)[O-])c3)cnc21)c1ccccc1. The molecular formula is C21H18N6O4. The summed E-state index contributed by atoms with van der Waals surface area (Å²) in [5.41, 5.74) is 1.26. The van der Waals surface area contributed by atoms with Crippen LogP contribution in [-0.2, 0) is 13.1 Å². The topological polar surface area (TPSA) is 125 Å². The first-order chi connectivity index (χ1) is 15.0. The standard InChI is InChI=1S/C21H18N6O4/c28-20(16-6-2-1-3-7-16)22-9-10-26-19-18(12-24-26)21(29)25(14-23-19)13-15-5-4-8-17(11-15)27(30)31/h1-8,11-12,14H,9-10,13H2,(H,22,28). The molecule has 4 rings (SSSR count). The Hall–Kier alpha value is -4.34. The minimum atomic E-state index is -0.478. The van der Waals surface area contributed by atoms with Crippen molar-refractivity contribution in [3.05, 3.63) is 98.7 Å². The zero-order valence-corrected chi connectivity index (χ0v) is 16.3. The van der Waals surface area contributed by atoms with E-state index in [4.69, 9.17) is 0 Å². The lowest BCUT2D eigenvalue weighted by atomic mass is 10.2. The molecule has 0 bridgehead atoms. The van der Waals surface area contributed by atoms with Crippen LogP contribution in [0.4, 0.5) is 5.69 Å². The molecule has 0 saturated heterocycles. The monoisotopic (exact) mass is 418 g/mol. The van der Waals surface area contributed by atoms with Crippen LogP contribution in [0.1, 0.15) is 15.9 Å². The number of hydrogen-bond acceptors (Lipinski definition) is 6. The van der Waals surface area contributed by atoms with E-state index in [1.54, 1.807) is 41.1 Å². The van der Waals surface area contributed by atoms with Crippen LogP contribution in [0.15, 0.2) is 71.9 Å². The summed E-state index contributed by atoms with van der Waals surface area (Å²) >= 11 is 0. The first-order valence-corrected chi connectivity index (χ1v) is 9.50. The van der Waals surface area contributed by atoms with Gasteiger partial charge < -0.3 is 5.32 Å². The lowest BCUT2D eigenvalue weighted by Crippen LogP contribution is -2.27. The zero-order valence-electron chi connectivity index (χ0n) is 16.3. The molecule has 2 aromatic heterocycles. The van der Waals surface area contributed by atoms with Gasteiger partial charge in [0.1, 0.15) is 11.7 Å². The predicted molar refractivity (Wildman–Crippen MR) is 113 cm³/mol. The van der Waals surface area contributed by atoms with Crippen LogP contribution in [0, 0.1) is 10.1 Å². The van der Waals surface area contributed by atoms with Crippen molar-refractivity contribution in [1.29, 1.82) is 0 Å². The maximum Gasteiger partial charge on any atom is 0.269 e. The molecule has 31 heavy (non-hydrogen) atoms. The van der Waals surface area contributed by atoms with Crippen LogP contribution in [0.2, 0.25) is 0 Å². The van der Waals surface area contributed by atoms with Gasteiger partial charge in [-0.3, -0.25) is 24.3 Å². The molecular weight excluding hydrogens is 400 g/mol. The van der Waals surface area contributed by atoms with Crippen molar-refractivity contribution in [3.63, 3.8) is 0 Å². The molecule has 0 aliphatic heterocycles. The minimum absolute atomic E-state index is 0.0371. The summed E-state index contributed by atoms with van der Waals surface area (Å²) in [6, 6.07) is 15.0. The van der Waals surface area contributed by atoms with Gasteiger partial charge in [0.25, 0.3) is 17.2 Å². The number of nitro benzene ring substituents is 1. The second kappa shape index (κ2) is 8.57. The van der Waals surface area contributed by atoms with Gasteiger partial charge in [0, 0.05) is 24.2 Å². The predicted octanol–water partition coefficient (Wildman–Crippen LogP) is 1.98. The molecule has 1 amide bonds. The molecule has 0 spiro atoms. The number of carbonyl (C=O) groups is 1. The van der Waals surface area contributed by atoms with Crippen molar-refractivity contribution in [1.82, 2.24) is 24.6 Å². The Morgan fingerprint density at radius 3 is 2.71 bits per heavy atom. The number of nitrogens with one attached hydrogen (secondary N) is 1. The van der Waals surface area contributed by atoms with Gasteiger partial charge in [0.2, 0.25) is 0 Å². The molecule has 0 unspecified atom stereocenters. The molecule has 1 N–H and O–H groups in total. The Bertz CT molecular complexity index is 1310. The highest BCUT2D eigenvalue weighted by Crippen LogP contribution is 2.14. The highest BCUT2D eigenvalue weighted by molar-refractivity contribution is 5.94. The Kier molecular flexibility index (Phi) is 5.52. The molecule has 0 aliphatic rings. The van der Waals surface area contributed by atoms with Crippen molar-refractivity contribution in [2.24, 2.45) is 0 Å². The number of fused-ring (bicyclic) bond motifs is 1. The van der Waals surface area contributed by atoms with Crippen LogP contribution < -0.4 is 10.9 Å². The summed E-state index contributed by atoms with van der Waals surface area (Å²) < 4.78 is 2.93. The number of benzene rings is 2. The first kappa shape index (κ1) is 20.0. The summed E-state index contributed by atoms with van der Waals surface area (Å²) in [7, 11) is 0. The summed E-state index contributed by atoms with van der Waals surface area (Å²) in [4.78, 5) is 39.7. The van der Waals surface area contributed by atoms with Crippen molar-refractivity contribution in [2.45, 2.75) is 13.1 Å². The highest BCUT2D eigenvalue weighted by Gasteiger charge is 2.12. The third-order valence-electron chi connectivity index (χ3n) is 4.74. The van der Waals surface area contributed by atoms with E-state index in [9.17, 15) is 19.7 Å². The average molecular weight is 418 g/mol. The number of carbonyl (C=O) groups excluding carboxylic acids is 1. The second-order valence-electron chi connectivity index (χ2n) is 6.83. The number of hydrogen-bond donors (Lipinski definition) is 1. The second-order valence-corrected chi connectivity index (χ2v) is 6.83. The molecule has 10 heteroatoms. The molecule has 0 aliphatic carbocycles. The summed E-state index contributed by atoms with van der Waals surface area (Å²) in [5, 5.41) is 18.3. The van der Waals surface area contributed by atoms with Crippen molar-refractivity contribution < 1.29 is 9.72 Å². The summed E-state index contributed by atoms with van der Waals surface area (Å²) in [5.74, 6) is -0.190. The number of nitrogens with zero attached hydrogens (tertiary/aromatic N) is 5. The fourth-order valence-corrected chi connectivity index (χ4v) is 3.21. The fourth-order valence-electron chi connectivity index (χ4n) is 3.21. The average Bonchev–Trinajstić information content (AvgIpc) is 3.20. The van der Waals surface area contributed by atoms with Crippen molar-refractivity contribution in [2.75, 3.05) is 6.54 Å². The largest absolute Gasteiger partial charge is 0.350 e. The van der Waals surface area contributed by atoms with Gasteiger partial charge in [0.15, 0.2) is 5.65 Å². The molecule has 2 heterocycles. The number of non-ortho nitro benzene ring substituents is 1. The van der Waals surface area contributed by atoms with Gasteiger partial charge in [-0.1, -0.05) is 30.3 Å². The van der Waals surface area contributed by atoms with E-state index in [1.165, 1.54) is 29.2 Å². The number of nitro groups is 1. The lowest BCUT2D eigenvalue weighted by molar-refractivity contribution is -0.384. The van der Waals surface area contributed by atoms with Crippen LogP contribution in [-0.4, -0.2) is 36.7 Å². The van der Waals surface area contributed by atoms with E-state index in [-0.39, 0.29) is 23.7 Å². The van der Waals surface area contributed by atoms with Gasteiger partial charge in [-0.25, -0.2) is 9.67 Å². The number of rotatable bonds is 7. The van der Waals surface area contributed by atoms with E-state index in [2.05, 4.69) is 15.4 Å². The van der Waals surface area contributed by atoms with Gasteiger partial charge in [0.05, 0.1) is 24.2 Å². The van der Waals surface area contributed by atoms with Crippen molar-refractivity contribution in [3.8, 4) is 0 Å². The van der Waals surface area contributed by atoms with E-state index in [0.717, 1.165) is 0 Å². The Balaban J connectivity index is 1.48. The van der Waals surface area contributed by atoms with Crippen LogP contribution in [0.3, 0.4) is 0 Å². The van der Waals surface area contributed by atoms with Gasteiger partial charge in [-0.2, -0.15) is 5.10 Å². The third kappa shape index (κ3) is 4.32. The summed E-state index contributed by atoms with van der Waals surface area (Å²) in [6.45, 7) is 0.828. The van der Waals surface area contributed by atoms with Gasteiger partial charge in [-0.15, -0.1) is 0 Å². The minimum Gasteiger partial charge on any atom is -0.350 e. The Morgan fingerprint density at radius 1 is 1.13 bits per heavy atom. The first-order valence-electron chi connectivity index (χ1n) is 9.50. The van der Waals surface area contributed by atoms with E-state index < -0.39 is 4.92 Å². The molecule has 0 saturated carbocycles. The summed E-state index contributed by atoms with van der Waals surface area (Å²) in [6.07, 6.45) is 2.83. The molecule has 10 nitrogen and oxygen atoms in total. The lowest BCUT2D eigenvalue weighted by Gasteiger charge is -2.08. The van der Waals surface area contributed by atoms with E-state index >= 15 is 0 Å². The Morgan fingerprint density at radius 2 is 1.94 bits per heavy atom. The van der Waals surface area contributed by atoms with E-state index in [1.807, 2.05) is 6.07 Å². The van der Waals surface area contributed by atoms with Crippen LogP contribution in [0.25, 0.3) is 11.0 Å². The van der Waals surface area contributed by atoms with Crippen LogP contribution >= 0.6 is 0 Å². The maximum absolute atomic E-state index is 12.8. The fraction of sp³-hybridized carbons (Fsp3) is 0.143. The van der Waals surface area contributed by atoms with Crippen molar-refractivity contribution >= 4 is 22.6 Å². The smallest absolute Gasteiger partial charge is 0.269 e. The van der Waals surface area contributed by atoms with Crippen LogP contribution in [0.5, 0.6) is 0 Å². The normalized spacial score (nSPS) is 10.8. The van der Waals surface area contributed by atoms with Gasteiger partial charge in [-0.05, 0) is 17.7 Å². The molecule has 4 aromatic rings. The van der Waals surface area contributed by atoms with E-state index in [0.29, 0.717) is 35.2 Å². The van der Waals surface area contributed by atoms with Gasteiger partial charge >= 0.3 is 0 Å². The Labute approximate surface area is 175 Å². The maximum atomic E-state index is 12.8. The molecule has 0 radical (unpaired) electrons. The number of amides is 1. The third-order valence-corrected chi connectivity index (χ3v) is 4.74. The zero-order chi connectivity index (χ0) is 21.8. The molecule has 156 valence electrons. The molecule has 2 aromatic carbocycles. The molecule has 0 fully saturated rings. The highest BCUT2D eigenvalue weighted by atomic mass is 16.6.